The van der Waals surface area contributed by atoms with Gasteiger partial charge in [0.15, 0.2) is 5.65 Å². The van der Waals surface area contributed by atoms with E-state index in [9.17, 15) is 4.39 Å². The molecule has 1 fully saturated rings. The number of halogens is 2. The molecule has 1 N–H and O–H groups in total. The van der Waals surface area contributed by atoms with Gasteiger partial charge in [-0.3, -0.25) is 0 Å². The SMILES string of the molecule is FCCOc1ccc(-c2nc3nc(OC4CCCCC4)[nH]c3cc2Cl)cc1. The highest BCUT2D eigenvalue weighted by atomic mass is 35.5. The number of benzene rings is 1. The van der Waals surface area contributed by atoms with E-state index >= 15 is 0 Å². The van der Waals surface area contributed by atoms with Gasteiger partial charge in [-0.2, -0.15) is 4.98 Å². The highest BCUT2D eigenvalue weighted by Crippen LogP contribution is 2.31. The van der Waals surface area contributed by atoms with E-state index in [1.807, 2.05) is 18.2 Å². The van der Waals surface area contributed by atoms with Crippen molar-refractivity contribution in [2.75, 3.05) is 13.3 Å². The van der Waals surface area contributed by atoms with Gasteiger partial charge in [0.25, 0.3) is 6.01 Å². The van der Waals surface area contributed by atoms with E-state index in [1.54, 1.807) is 12.1 Å². The Bertz CT molecular complexity index is 907. The molecule has 2 heterocycles. The molecular weight excluding hydrogens is 369 g/mol. The molecule has 2 aromatic heterocycles. The van der Waals surface area contributed by atoms with Crippen LogP contribution in [0.25, 0.3) is 22.4 Å². The van der Waals surface area contributed by atoms with Gasteiger partial charge >= 0.3 is 0 Å². The lowest BCUT2D eigenvalue weighted by atomic mass is 9.98. The summed E-state index contributed by atoms with van der Waals surface area (Å²) in [6.45, 7) is -0.475. The van der Waals surface area contributed by atoms with Crippen LogP contribution in [0.4, 0.5) is 4.39 Å². The molecular formula is C20H21ClFN3O2. The molecule has 1 aromatic carbocycles. The van der Waals surface area contributed by atoms with E-state index in [2.05, 4.69) is 15.0 Å². The highest BCUT2D eigenvalue weighted by Gasteiger charge is 2.18. The van der Waals surface area contributed by atoms with Gasteiger partial charge < -0.3 is 14.5 Å². The molecule has 7 heteroatoms. The summed E-state index contributed by atoms with van der Waals surface area (Å²) in [5, 5.41) is 0.521. The van der Waals surface area contributed by atoms with Crippen LogP contribution in [0.5, 0.6) is 11.8 Å². The van der Waals surface area contributed by atoms with Crippen molar-refractivity contribution >= 4 is 22.8 Å². The molecule has 1 aliphatic carbocycles. The molecule has 0 amide bonds. The number of hydrogen-bond donors (Lipinski definition) is 1. The maximum Gasteiger partial charge on any atom is 0.296 e. The lowest BCUT2D eigenvalue weighted by molar-refractivity contribution is 0.143. The fourth-order valence-corrected chi connectivity index (χ4v) is 3.62. The van der Waals surface area contributed by atoms with Crippen LogP contribution in [0.3, 0.4) is 0 Å². The van der Waals surface area contributed by atoms with Crippen molar-refractivity contribution in [2.45, 2.75) is 38.2 Å². The lowest BCUT2D eigenvalue weighted by Gasteiger charge is -2.21. The van der Waals surface area contributed by atoms with Crippen molar-refractivity contribution in [3.05, 3.63) is 35.4 Å². The molecule has 27 heavy (non-hydrogen) atoms. The molecule has 1 aliphatic rings. The van der Waals surface area contributed by atoms with Gasteiger partial charge in [0, 0.05) is 5.56 Å². The monoisotopic (exact) mass is 389 g/mol. The summed E-state index contributed by atoms with van der Waals surface area (Å²) in [5.41, 5.74) is 2.79. The number of alkyl halides is 1. The first-order valence-electron chi connectivity index (χ1n) is 9.25. The minimum atomic E-state index is -0.518. The van der Waals surface area contributed by atoms with Crippen molar-refractivity contribution in [3.63, 3.8) is 0 Å². The second kappa shape index (κ2) is 8.13. The quantitative estimate of drug-likeness (QED) is 0.618. The van der Waals surface area contributed by atoms with Gasteiger partial charge in [0.1, 0.15) is 25.1 Å². The van der Waals surface area contributed by atoms with Gasteiger partial charge in [0.05, 0.1) is 16.2 Å². The maximum absolute atomic E-state index is 12.2. The van der Waals surface area contributed by atoms with Crippen LogP contribution >= 0.6 is 11.6 Å². The molecule has 5 nitrogen and oxygen atoms in total. The van der Waals surface area contributed by atoms with Gasteiger partial charge in [-0.25, -0.2) is 9.37 Å². The van der Waals surface area contributed by atoms with E-state index in [0.717, 1.165) is 23.9 Å². The van der Waals surface area contributed by atoms with Gasteiger partial charge in [-0.05, 0) is 56.0 Å². The summed E-state index contributed by atoms with van der Waals surface area (Å²) >= 11 is 6.43. The third kappa shape index (κ3) is 4.16. The third-order valence-electron chi connectivity index (χ3n) is 4.71. The minimum Gasteiger partial charge on any atom is -0.491 e. The Kier molecular flexibility index (Phi) is 5.43. The largest absolute Gasteiger partial charge is 0.491 e. The number of nitrogens with zero attached hydrogens (tertiary/aromatic N) is 2. The number of rotatable bonds is 6. The smallest absolute Gasteiger partial charge is 0.296 e. The zero-order chi connectivity index (χ0) is 18.6. The molecule has 3 aromatic rings. The standard InChI is InChI=1S/C20H21ClFN3O2/c21-16-12-17-19(25-20(23-17)27-15-4-2-1-3-5-15)24-18(16)13-6-8-14(9-7-13)26-11-10-22/h6-9,12,15H,1-5,10-11H2,(H,23,24,25). The summed E-state index contributed by atoms with van der Waals surface area (Å²) in [7, 11) is 0. The predicted octanol–water partition coefficient (Wildman–Crippen LogP) is 5.34. The van der Waals surface area contributed by atoms with E-state index in [-0.39, 0.29) is 12.7 Å². The number of nitrogens with one attached hydrogen (secondary N) is 1. The maximum atomic E-state index is 12.2. The number of fused-ring (bicyclic) bond motifs is 1. The molecule has 0 saturated heterocycles. The van der Waals surface area contributed by atoms with Crippen LogP contribution in [-0.2, 0) is 0 Å². The number of hydrogen-bond acceptors (Lipinski definition) is 4. The van der Waals surface area contributed by atoms with E-state index in [1.165, 1.54) is 19.3 Å². The predicted molar refractivity (Wildman–Crippen MR) is 103 cm³/mol. The van der Waals surface area contributed by atoms with Crippen LogP contribution in [-0.4, -0.2) is 34.3 Å². The van der Waals surface area contributed by atoms with Gasteiger partial charge in [0.2, 0.25) is 0 Å². The molecule has 0 bridgehead atoms. The Labute approximate surface area is 161 Å². The third-order valence-corrected chi connectivity index (χ3v) is 5.00. The summed E-state index contributed by atoms with van der Waals surface area (Å²) in [6.07, 6.45) is 6.01. The molecule has 0 spiro atoms. The zero-order valence-electron chi connectivity index (χ0n) is 14.9. The summed E-state index contributed by atoms with van der Waals surface area (Å²) in [5.74, 6) is 0.608. The first-order valence-corrected chi connectivity index (χ1v) is 9.63. The highest BCUT2D eigenvalue weighted by molar-refractivity contribution is 6.33. The van der Waals surface area contributed by atoms with Crippen molar-refractivity contribution < 1.29 is 13.9 Å². The van der Waals surface area contributed by atoms with E-state index < -0.39 is 6.67 Å². The number of H-pyrrole nitrogens is 1. The van der Waals surface area contributed by atoms with Gasteiger partial charge in [-0.15, -0.1) is 0 Å². The fourth-order valence-electron chi connectivity index (χ4n) is 3.36. The molecule has 142 valence electrons. The lowest BCUT2D eigenvalue weighted by Crippen LogP contribution is -2.20. The van der Waals surface area contributed by atoms with Crippen molar-refractivity contribution in [3.8, 4) is 23.0 Å². The number of aromatic nitrogens is 3. The van der Waals surface area contributed by atoms with Crippen molar-refractivity contribution in [1.82, 2.24) is 15.0 Å². The average molecular weight is 390 g/mol. The molecule has 4 rings (SSSR count). The fraction of sp³-hybridized carbons (Fsp3) is 0.400. The first kappa shape index (κ1) is 18.0. The number of aromatic amines is 1. The van der Waals surface area contributed by atoms with Crippen LogP contribution in [0.15, 0.2) is 30.3 Å². The molecule has 0 radical (unpaired) electrons. The van der Waals surface area contributed by atoms with Crippen molar-refractivity contribution in [1.29, 1.82) is 0 Å². The van der Waals surface area contributed by atoms with Crippen LogP contribution < -0.4 is 9.47 Å². The Hall–Kier alpha value is -2.34. The topological polar surface area (TPSA) is 60.0 Å². The average Bonchev–Trinajstić information content (AvgIpc) is 3.08. The molecule has 0 aliphatic heterocycles. The number of imidazole rings is 1. The van der Waals surface area contributed by atoms with Crippen molar-refractivity contribution in [2.24, 2.45) is 0 Å². The normalized spacial score (nSPS) is 15.2. The summed E-state index contributed by atoms with van der Waals surface area (Å²) in [6, 6.07) is 9.55. The number of pyridine rings is 1. The zero-order valence-corrected chi connectivity index (χ0v) is 15.6. The second-order valence-corrected chi connectivity index (χ2v) is 7.08. The molecule has 1 saturated carbocycles. The first-order chi connectivity index (χ1) is 13.2. The Morgan fingerprint density at radius 3 is 2.63 bits per heavy atom. The number of ether oxygens (including phenoxy) is 2. The van der Waals surface area contributed by atoms with Gasteiger partial charge in [-0.1, -0.05) is 18.0 Å². The minimum absolute atomic E-state index is 0.0430. The summed E-state index contributed by atoms with van der Waals surface area (Å²) in [4.78, 5) is 12.2. The molecule has 0 unspecified atom stereocenters. The van der Waals surface area contributed by atoms with E-state index in [0.29, 0.717) is 28.1 Å². The van der Waals surface area contributed by atoms with Crippen LogP contribution in [0.1, 0.15) is 32.1 Å². The van der Waals surface area contributed by atoms with E-state index in [4.69, 9.17) is 21.1 Å². The van der Waals surface area contributed by atoms with Crippen LogP contribution in [0.2, 0.25) is 5.02 Å². The second-order valence-electron chi connectivity index (χ2n) is 6.67. The Morgan fingerprint density at radius 2 is 1.89 bits per heavy atom. The van der Waals surface area contributed by atoms with Crippen LogP contribution in [0, 0.1) is 0 Å². The Balaban J connectivity index is 1.57. The summed E-state index contributed by atoms with van der Waals surface area (Å²) < 4.78 is 23.4. The molecule has 0 atom stereocenters. The Morgan fingerprint density at radius 1 is 1.11 bits per heavy atom.